The molecule has 0 aliphatic rings. The average molecular weight is 281 g/mol. The minimum absolute atomic E-state index is 0.00361. The largest absolute Gasteiger partial charge is 0.497 e. The number of nitrogens with one attached hydrogen (secondary N) is 1. The van der Waals surface area contributed by atoms with Gasteiger partial charge >= 0.3 is 11.8 Å². The number of carbonyl (C=O) groups is 2. The minimum Gasteiger partial charge on any atom is -0.497 e. The maximum absolute atomic E-state index is 11.8. The number of ether oxygens (including phenoxy) is 1. The van der Waals surface area contributed by atoms with E-state index in [9.17, 15) is 9.59 Å². The Hall–Kier alpha value is -2.15. The number of anilines is 1. The molecule has 0 aromatic heterocycles. The molecule has 2 amide bonds. The SMILES string of the molecule is COc1ccc(N(C)C(=O)C(=O)NCC(N)=S)cc1. The van der Waals surface area contributed by atoms with Gasteiger partial charge < -0.3 is 20.7 Å². The molecule has 0 saturated heterocycles. The van der Waals surface area contributed by atoms with Gasteiger partial charge in [0, 0.05) is 12.7 Å². The number of rotatable bonds is 4. The number of likely N-dealkylation sites (N-methyl/N-ethyl adjacent to an activating group) is 1. The molecule has 1 rings (SSSR count). The topological polar surface area (TPSA) is 84.7 Å². The van der Waals surface area contributed by atoms with Crippen molar-refractivity contribution in [3.8, 4) is 5.75 Å². The number of amides is 2. The summed E-state index contributed by atoms with van der Waals surface area (Å²) >= 11 is 4.61. The molecule has 0 atom stereocenters. The Morgan fingerprint density at radius 1 is 1.37 bits per heavy atom. The van der Waals surface area contributed by atoms with Crippen molar-refractivity contribution in [2.75, 3.05) is 25.6 Å². The third-order valence-electron chi connectivity index (χ3n) is 2.38. The number of thiocarbonyl (C=S) groups is 1. The first-order chi connectivity index (χ1) is 8.95. The molecular formula is C12H15N3O3S. The second-order valence-corrected chi connectivity index (χ2v) is 4.24. The maximum Gasteiger partial charge on any atom is 0.316 e. The van der Waals surface area contributed by atoms with Crippen LogP contribution in [0, 0.1) is 0 Å². The zero-order valence-corrected chi connectivity index (χ0v) is 11.5. The van der Waals surface area contributed by atoms with Gasteiger partial charge in [-0.05, 0) is 24.3 Å². The van der Waals surface area contributed by atoms with Crippen LogP contribution in [0.25, 0.3) is 0 Å². The van der Waals surface area contributed by atoms with E-state index in [2.05, 4.69) is 17.5 Å². The Morgan fingerprint density at radius 2 is 1.95 bits per heavy atom. The van der Waals surface area contributed by atoms with E-state index in [1.165, 1.54) is 11.9 Å². The molecule has 0 aliphatic carbocycles. The third kappa shape index (κ3) is 4.22. The van der Waals surface area contributed by atoms with Crippen molar-refractivity contribution in [1.29, 1.82) is 0 Å². The number of hydrogen-bond acceptors (Lipinski definition) is 4. The predicted molar refractivity (Wildman–Crippen MR) is 76.2 cm³/mol. The van der Waals surface area contributed by atoms with Crippen LogP contribution in [0.15, 0.2) is 24.3 Å². The minimum atomic E-state index is -0.758. The van der Waals surface area contributed by atoms with Gasteiger partial charge in [0.25, 0.3) is 0 Å². The smallest absolute Gasteiger partial charge is 0.316 e. The zero-order valence-electron chi connectivity index (χ0n) is 10.7. The molecule has 19 heavy (non-hydrogen) atoms. The van der Waals surface area contributed by atoms with Gasteiger partial charge in [0.05, 0.1) is 18.6 Å². The van der Waals surface area contributed by atoms with Crippen LogP contribution in [0.3, 0.4) is 0 Å². The Bertz CT molecular complexity index is 487. The molecule has 102 valence electrons. The fourth-order valence-corrected chi connectivity index (χ4v) is 1.39. The van der Waals surface area contributed by atoms with Crippen LogP contribution in [0.2, 0.25) is 0 Å². The second-order valence-electron chi connectivity index (χ2n) is 3.71. The van der Waals surface area contributed by atoms with Crippen LogP contribution in [-0.4, -0.2) is 37.5 Å². The van der Waals surface area contributed by atoms with Gasteiger partial charge in [-0.15, -0.1) is 0 Å². The summed E-state index contributed by atoms with van der Waals surface area (Å²) in [6.45, 7) is -0.00361. The van der Waals surface area contributed by atoms with Gasteiger partial charge in [-0.2, -0.15) is 0 Å². The summed E-state index contributed by atoms with van der Waals surface area (Å²) in [5, 5.41) is 2.33. The number of nitrogens with two attached hydrogens (primary N) is 1. The monoisotopic (exact) mass is 281 g/mol. The highest BCUT2D eigenvalue weighted by molar-refractivity contribution is 7.80. The Labute approximate surface area is 116 Å². The Kier molecular flexibility index (Phi) is 5.25. The van der Waals surface area contributed by atoms with Crippen LogP contribution >= 0.6 is 12.2 Å². The molecular weight excluding hydrogens is 266 g/mol. The van der Waals surface area contributed by atoms with Gasteiger partial charge in [-0.25, -0.2) is 0 Å². The first-order valence-corrected chi connectivity index (χ1v) is 5.84. The fraction of sp³-hybridized carbons (Fsp3) is 0.250. The fourth-order valence-electron chi connectivity index (χ4n) is 1.32. The normalized spacial score (nSPS) is 9.58. The first kappa shape index (κ1) is 14.9. The van der Waals surface area contributed by atoms with E-state index in [0.29, 0.717) is 11.4 Å². The quantitative estimate of drug-likeness (QED) is 0.602. The molecule has 0 unspecified atom stereocenters. The maximum atomic E-state index is 11.8. The van der Waals surface area contributed by atoms with Gasteiger partial charge in [-0.1, -0.05) is 12.2 Å². The summed E-state index contributed by atoms with van der Waals surface area (Å²) in [7, 11) is 3.05. The first-order valence-electron chi connectivity index (χ1n) is 5.44. The molecule has 3 N–H and O–H groups in total. The lowest BCUT2D eigenvalue weighted by Gasteiger charge is -2.17. The number of methoxy groups -OCH3 is 1. The van der Waals surface area contributed by atoms with Crippen molar-refractivity contribution >= 4 is 34.7 Å². The molecule has 0 bridgehead atoms. The van der Waals surface area contributed by atoms with E-state index >= 15 is 0 Å². The summed E-state index contributed by atoms with van der Waals surface area (Å²) in [6, 6.07) is 6.76. The van der Waals surface area contributed by atoms with E-state index < -0.39 is 11.8 Å². The van der Waals surface area contributed by atoms with Crippen LogP contribution in [0.4, 0.5) is 5.69 Å². The molecule has 0 radical (unpaired) electrons. The van der Waals surface area contributed by atoms with Crippen LogP contribution < -0.4 is 20.7 Å². The molecule has 7 heteroatoms. The average Bonchev–Trinajstić information content (AvgIpc) is 2.43. The highest BCUT2D eigenvalue weighted by atomic mass is 32.1. The highest BCUT2D eigenvalue weighted by Crippen LogP contribution is 2.18. The van der Waals surface area contributed by atoms with Gasteiger partial charge in [-0.3, -0.25) is 9.59 Å². The molecule has 0 heterocycles. The lowest BCUT2D eigenvalue weighted by Crippen LogP contribution is -2.43. The molecule has 0 saturated carbocycles. The number of carbonyl (C=O) groups excluding carboxylic acids is 2. The van der Waals surface area contributed by atoms with Crippen molar-refractivity contribution in [3.05, 3.63) is 24.3 Å². The summed E-state index contributed by atoms with van der Waals surface area (Å²) in [5.74, 6) is -0.782. The van der Waals surface area contributed by atoms with Crippen molar-refractivity contribution in [2.24, 2.45) is 5.73 Å². The van der Waals surface area contributed by atoms with Crippen molar-refractivity contribution < 1.29 is 14.3 Å². The summed E-state index contributed by atoms with van der Waals surface area (Å²) in [6.07, 6.45) is 0. The summed E-state index contributed by atoms with van der Waals surface area (Å²) in [4.78, 5) is 24.7. The molecule has 0 spiro atoms. The van der Waals surface area contributed by atoms with Crippen LogP contribution in [0.1, 0.15) is 0 Å². The van der Waals surface area contributed by atoms with Crippen molar-refractivity contribution in [1.82, 2.24) is 5.32 Å². The highest BCUT2D eigenvalue weighted by Gasteiger charge is 2.19. The van der Waals surface area contributed by atoms with Gasteiger partial charge in [0.15, 0.2) is 0 Å². The van der Waals surface area contributed by atoms with Crippen LogP contribution in [0.5, 0.6) is 5.75 Å². The zero-order chi connectivity index (χ0) is 14.4. The number of hydrogen-bond donors (Lipinski definition) is 2. The molecule has 0 fully saturated rings. The number of benzene rings is 1. The lowest BCUT2D eigenvalue weighted by molar-refractivity contribution is -0.137. The standard InChI is InChI=1S/C12H15N3O3S/c1-15(8-3-5-9(18-2)6-4-8)12(17)11(16)14-7-10(13)19/h3-6H,7H2,1-2H3,(H2,13,19)(H,14,16). The van der Waals surface area contributed by atoms with Crippen molar-refractivity contribution in [2.45, 2.75) is 0 Å². The van der Waals surface area contributed by atoms with Crippen LogP contribution in [-0.2, 0) is 9.59 Å². The Morgan fingerprint density at radius 3 is 2.42 bits per heavy atom. The van der Waals surface area contributed by atoms with E-state index in [0.717, 1.165) is 0 Å². The van der Waals surface area contributed by atoms with E-state index in [1.54, 1.807) is 31.4 Å². The summed E-state index contributed by atoms with van der Waals surface area (Å²) in [5.41, 5.74) is 5.82. The number of nitrogens with zero attached hydrogens (tertiary/aromatic N) is 1. The lowest BCUT2D eigenvalue weighted by atomic mass is 10.2. The van der Waals surface area contributed by atoms with E-state index in [1.807, 2.05) is 0 Å². The Balaban J connectivity index is 2.69. The van der Waals surface area contributed by atoms with E-state index in [4.69, 9.17) is 10.5 Å². The molecule has 0 aliphatic heterocycles. The molecule has 6 nitrogen and oxygen atoms in total. The third-order valence-corrected chi connectivity index (χ3v) is 2.53. The molecule has 1 aromatic rings. The summed E-state index contributed by atoms with van der Waals surface area (Å²) < 4.78 is 5.01. The van der Waals surface area contributed by atoms with E-state index in [-0.39, 0.29) is 11.5 Å². The van der Waals surface area contributed by atoms with Crippen molar-refractivity contribution in [3.63, 3.8) is 0 Å². The second kappa shape index (κ2) is 6.69. The molecule has 1 aromatic carbocycles. The van der Waals surface area contributed by atoms with Gasteiger partial charge in [0.2, 0.25) is 0 Å². The van der Waals surface area contributed by atoms with Gasteiger partial charge in [0.1, 0.15) is 5.75 Å². The predicted octanol–water partition coefficient (Wildman–Crippen LogP) is 0.0603.